The fourth-order valence-corrected chi connectivity index (χ4v) is 1.45. The van der Waals surface area contributed by atoms with E-state index in [0.717, 1.165) is 31.3 Å². The second kappa shape index (κ2) is 5.17. The number of rotatable bonds is 3. The van der Waals surface area contributed by atoms with Crippen molar-refractivity contribution in [1.82, 2.24) is 5.32 Å². The average molecular weight is 271 g/mol. The Balaban J connectivity index is 2.81. The number of hydrogen-bond donors (Lipinski definition) is 1. The second-order valence-corrected chi connectivity index (χ2v) is 3.78. The third-order valence-corrected chi connectivity index (χ3v) is 2.46. The number of nitrogens with one attached hydrogen (secondary N) is 1. The van der Waals surface area contributed by atoms with Crippen LogP contribution in [0.2, 0.25) is 0 Å². The fourth-order valence-electron chi connectivity index (χ4n) is 1.45. The molecule has 1 aromatic carbocycles. The van der Waals surface area contributed by atoms with Gasteiger partial charge in [0.15, 0.2) is 0 Å². The van der Waals surface area contributed by atoms with Gasteiger partial charge < -0.3 is 5.32 Å². The molecule has 0 saturated heterocycles. The molecule has 7 heteroatoms. The number of likely N-dealkylation sites (N-methyl/N-ethyl adjacent to an activating group) is 1. The second-order valence-electron chi connectivity index (χ2n) is 3.78. The van der Waals surface area contributed by atoms with Crippen LogP contribution in [-0.4, -0.2) is 19.3 Å². The van der Waals surface area contributed by atoms with Crippen molar-refractivity contribution >= 4 is 0 Å². The molecule has 0 fully saturated rings. The third kappa shape index (κ3) is 3.90. The van der Waals surface area contributed by atoms with Crippen molar-refractivity contribution in [2.45, 2.75) is 24.8 Å². The van der Waals surface area contributed by atoms with E-state index in [4.69, 9.17) is 0 Å². The molecule has 0 heterocycles. The maximum absolute atomic E-state index is 12.4. The Kier molecular flexibility index (Phi) is 4.26. The number of hydrogen-bond acceptors (Lipinski definition) is 1. The first-order chi connectivity index (χ1) is 8.14. The largest absolute Gasteiger partial charge is 0.416 e. The van der Waals surface area contributed by atoms with E-state index in [2.05, 4.69) is 5.32 Å². The lowest BCUT2D eigenvalue weighted by Crippen LogP contribution is -2.41. The van der Waals surface area contributed by atoms with Crippen molar-refractivity contribution < 1.29 is 26.3 Å². The van der Waals surface area contributed by atoms with Crippen LogP contribution in [-0.2, 0) is 12.6 Å². The van der Waals surface area contributed by atoms with Gasteiger partial charge >= 0.3 is 12.4 Å². The Hall–Kier alpha value is -1.24. The molecule has 0 saturated carbocycles. The zero-order valence-electron chi connectivity index (χ0n) is 9.36. The van der Waals surface area contributed by atoms with Gasteiger partial charge in [-0.3, -0.25) is 0 Å². The van der Waals surface area contributed by atoms with Crippen LogP contribution in [0.25, 0.3) is 0 Å². The summed E-state index contributed by atoms with van der Waals surface area (Å²) < 4.78 is 74.0. The number of halogens is 6. The smallest absolute Gasteiger partial charge is 0.309 e. The molecule has 0 aromatic heterocycles. The molecule has 102 valence electrons. The lowest BCUT2D eigenvalue weighted by Gasteiger charge is -2.19. The van der Waals surface area contributed by atoms with Gasteiger partial charge in [0.1, 0.15) is 6.04 Å². The summed E-state index contributed by atoms with van der Waals surface area (Å²) in [5, 5.41) is 2.09. The first-order valence-electron chi connectivity index (χ1n) is 5.04. The molecule has 1 unspecified atom stereocenters. The Bertz CT molecular complexity index is 378. The van der Waals surface area contributed by atoms with Gasteiger partial charge in [-0.1, -0.05) is 12.1 Å². The summed E-state index contributed by atoms with van der Waals surface area (Å²) in [6.45, 7) is 0. The van der Waals surface area contributed by atoms with Gasteiger partial charge in [0.2, 0.25) is 0 Å². The van der Waals surface area contributed by atoms with Gasteiger partial charge in [0.25, 0.3) is 0 Å². The molecule has 1 rings (SSSR count). The molecule has 0 aliphatic rings. The van der Waals surface area contributed by atoms with Crippen molar-refractivity contribution in [2.24, 2.45) is 0 Å². The van der Waals surface area contributed by atoms with Gasteiger partial charge in [-0.2, -0.15) is 26.3 Å². The molecule has 1 atom stereocenters. The lowest BCUT2D eigenvalue weighted by atomic mass is 10.0. The predicted molar refractivity (Wildman–Crippen MR) is 54.1 cm³/mol. The highest BCUT2D eigenvalue weighted by Crippen LogP contribution is 2.30. The van der Waals surface area contributed by atoms with E-state index in [1.54, 1.807) is 0 Å². The van der Waals surface area contributed by atoms with E-state index in [9.17, 15) is 26.3 Å². The van der Waals surface area contributed by atoms with Crippen LogP contribution in [0.3, 0.4) is 0 Å². The van der Waals surface area contributed by atoms with Crippen molar-refractivity contribution in [3.63, 3.8) is 0 Å². The van der Waals surface area contributed by atoms with E-state index in [1.165, 1.54) is 0 Å². The molecule has 0 bridgehead atoms. The molecule has 1 nitrogen and oxygen atoms in total. The molecule has 1 N–H and O–H groups in total. The minimum Gasteiger partial charge on any atom is -0.309 e. The third-order valence-electron chi connectivity index (χ3n) is 2.46. The standard InChI is InChI=1S/C11H11F6N/c1-18-9(11(15,16)17)6-7-2-4-8(5-3-7)10(12,13)14/h2-5,9,18H,6H2,1H3. The van der Waals surface area contributed by atoms with Gasteiger partial charge in [-0.05, 0) is 31.2 Å². The Morgan fingerprint density at radius 1 is 1.00 bits per heavy atom. The highest BCUT2D eigenvalue weighted by Gasteiger charge is 2.38. The summed E-state index contributed by atoms with van der Waals surface area (Å²) in [6.07, 6.45) is -9.32. The van der Waals surface area contributed by atoms with Crippen LogP contribution in [0.1, 0.15) is 11.1 Å². The molecule has 0 spiro atoms. The molecule has 0 amide bonds. The molecule has 18 heavy (non-hydrogen) atoms. The SMILES string of the molecule is CNC(Cc1ccc(C(F)(F)F)cc1)C(F)(F)F. The van der Waals surface area contributed by atoms with E-state index in [1.807, 2.05) is 0 Å². The van der Waals surface area contributed by atoms with Gasteiger partial charge in [-0.15, -0.1) is 0 Å². The van der Waals surface area contributed by atoms with E-state index < -0.39 is 30.4 Å². The average Bonchev–Trinajstić information content (AvgIpc) is 2.23. The highest BCUT2D eigenvalue weighted by molar-refractivity contribution is 5.25. The first kappa shape index (κ1) is 14.8. The summed E-state index contributed by atoms with van der Waals surface area (Å²) in [5.74, 6) is 0. The number of benzene rings is 1. The van der Waals surface area contributed by atoms with Gasteiger partial charge in [0, 0.05) is 0 Å². The first-order valence-corrected chi connectivity index (χ1v) is 5.04. The van der Waals surface area contributed by atoms with E-state index >= 15 is 0 Å². The Labute approximate surface area is 99.8 Å². The normalized spacial score (nSPS) is 14.6. The van der Waals surface area contributed by atoms with Crippen molar-refractivity contribution in [1.29, 1.82) is 0 Å². The number of alkyl halides is 6. The highest BCUT2D eigenvalue weighted by atomic mass is 19.4. The topological polar surface area (TPSA) is 12.0 Å². The van der Waals surface area contributed by atoms with Gasteiger partial charge in [0.05, 0.1) is 5.56 Å². The maximum atomic E-state index is 12.4. The summed E-state index contributed by atoms with van der Waals surface area (Å²) >= 11 is 0. The van der Waals surface area contributed by atoms with E-state index in [-0.39, 0.29) is 5.56 Å². The Morgan fingerprint density at radius 2 is 1.50 bits per heavy atom. The van der Waals surface area contributed by atoms with Crippen molar-refractivity contribution in [3.05, 3.63) is 35.4 Å². The van der Waals surface area contributed by atoms with Gasteiger partial charge in [-0.25, -0.2) is 0 Å². The summed E-state index contributed by atoms with van der Waals surface area (Å²) in [6, 6.07) is 1.89. The zero-order valence-corrected chi connectivity index (χ0v) is 9.36. The molecular formula is C11H11F6N. The molecule has 0 aliphatic carbocycles. The van der Waals surface area contributed by atoms with Crippen LogP contribution < -0.4 is 5.32 Å². The summed E-state index contributed by atoms with van der Waals surface area (Å²) in [4.78, 5) is 0. The quantitative estimate of drug-likeness (QED) is 0.831. The van der Waals surface area contributed by atoms with Crippen molar-refractivity contribution in [2.75, 3.05) is 7.05 Å². The van der Waals surface area contributed by atoms with E-state index in [0.29, 0.717) is 0 Å². The van der Waals surface area contributed by atoms with Crippen LogP contribution >= 0.6 is 0 Å². The monoisotopic (exact) mass is 271 g/mol. The Morgan fingerprint density at radius 3 is 1.83 bits per heavy atom. The maximum Gasteiger partial charge on any atom is 0.416 e. The predicted octanol–water partition coefficient (Wildman–Crippen LogP) is 3.40. The van der Waals surface area contributed by atoms with Crippen molar-refractivity contribution in [3.8, 4) is 0 Å². The van der Waals surface area contributed by atoms with Crippen LogP contribution in [0, 0.1) is 0 Å². The summed E-state index contributed by atoms with van der Waals surface area (Å²) in [5.41, 5.74) is -0.682. The molecule has 1 aromatic rings. The fraction of sp³-hybridized carbons (Fsp3) is 0.455. The minimum absolute atomic E-state index is 0.194. The molecule has 0 radical (unpaired) electrons. The van der Waals surface area contributed by atoms with Crippen LogP contribution in [0.15, 0.2) is 24.3 Å². The van der Waals surface area contributed by atoms with Crippen LogP contribution in [0.5, 0.6) is 0 Å². The van der Waals surface area contributed by atoms with Crippen LogP contribution in [0.4, 0.5) is 26.3 Å². The molecule has 0 aliphatic heterocycles. The molecular weight excluding hydrogens is 260 g/mol. The summed E-state index contributed by atoms with van der Waals surface area (Å²) in [7, 11) is 1.16. The zero-order chi connectivity index (χ0) is 14.0. The lowest BCUT2D eigenvalue weighted by molar-refractivity contribution is -0.154. The minimum atomic E-state index is -4.48.